The summed E-state index contributed by atoms with van der Waals surface area (Å²) >= 11 is 0. The van der Waals surface area contributed by atoms with Crippen LogP contribution in [0.5, 0.6) is 5.75 Å². The van der Waals surface area contributed by atoms with Gasteiger partial charge in [0.15, 0.2) is 5.69 Å². The minimum absolute atomic E-state index is 0.0490. The van der Waals surface area contributed by atoms with Gasteiger partial charge in [0.1, 0.15) is 23.5 Å². The van der Waals surface area contributed by atoms with Crippen molar-refractivity contribution in [2.24, 2.45) is 0 Å². The average molecular weight is 398 g/mol. The zero-order chi connectivity index (χ0) is 20.7. The van der Waals surface area contributed by atoms with Crippen LogP contribution in [-0.2, 0) is 6.54 Å². The highest BCUT2D eigenvalue weighted by Crippen LogP contribution is 2.35. The SMILES string of the molecule is Cc1ccc2c(c1)N(C(=O)c1nnn(Cc3ccc(F)cc3F)c1C)CC(C)O2. The molecule has 3 aromatic rings. The number of aryl methyl sites for hydroxylation is 1. The molecule has 150 valence electrons. The molecule has 0 bridgehead atoms. The lowest BCUT2D eigenvalue weighted by Crippen LogP contribution is -2.42. The van der Waals surface area contributed by atoms with Crippen molar-refractivity contribution < 1.29 is 18.3 Å². The van der Waals surface area contributed by atoms with Crippen LogP contribution in [0.4, 0.5) is 14.5 Å². The van der Waals surface area contributed by atoms with Gasteiger partial charge in [0.25, 0.3) is 5.91 Å². The van der Waals surface area contributed by atoms with E-state index in [1.165, 1.54) is 16.8 Å². The fourth-order valence-electron chi connectivity index (χ4n) is 3.39. The lowest BCUT2D eigenvalue weighted by Gasteiger charge is -2.33. The molecule has 2 aromatic carbocycles. The number of fused-ring (bicyclic) bond motifs is 1. The fraction of sp³-hybridized carbons (Fsp3) is 0.286. The molecule has 0 saturated heterocycles. The van der Waals surface area contributed by atoms with Gasteiger partial charge in [-0.3, -0.25) is 9.69 Å². The molecule has 1 atom stereocenters. The Kier molecular flexibility index (Phi) is 4.77. The van der Waals surface area contributed by atoms with Crippen molar-refractivity contribution in [3.05, 3.63) is 70.5 Å². The quantitative estimate of drug-likeness (QED) is 0.676. The number of amides is 1. The predicted molar refractivity (Wildman–Crippen MR) is 103 cm³/mol. The summed E-state index contributed by atoms with van der Waals surface area (Å²) in [5.74, 6) is -0.969. The first-order chi connectivity index (χ1) is 13.8. The van der Waals surface area contributed by atoms with E-state index in [0.29, 0.717) is 23.7 Å². The topological polar surface area (TPSA) is 60.2 Å². The molecule has 1 aliphatic rings. The second-order valence-corrected chi connectivity index (χ2v) is 7.23. The van der Waals surface area contributed by atoms with E-state index in [1.54, 1.807) is 11.8 Å². The van der Waals surface area contributed by atoms with Crippen LogP contribution in [0.2, 0.25) is 0 Å². The van der Waals surface area contributed by atoms with E-state index in [1.807, 2.05) is 32.0 Å². The molecule has 29 heavy (non-hydrogen) atoms. The van der Waals surface area contributed by atoms with Crippen molar-refractivity contribution >= 4 is 11.6 Å². The van der Waals surface area contributed by atoms with E-state index in [9.17, 15) is 13.6 Å². The van der Waals surface area contributed by atoms with Gasteiger partial charge in [-0.1, -0.05) is 17.3 Å². The summed E-state index contributed by atoms with van der Waals surface area (Å²) in [6, 6.07) is 9.04. The van der Waals surface area contributed by atoms with Crippen LogP contribution in [0.3, 0.4) is 0 Å². The largest absolute Gasteiger partial charge is 0.487 e. The number of carbonyl (C=O) groups excluding carboxylic acids is 1. The molecule has 8 heteroatoms. The number of halogens is 2. The first-order valence-electron chi connectivity index (χ1n) is 9.26. The number of ether oxygens (including phenoxy) is 1. The number of nitrogens with zero attached hydrogens (tertiary/aromatic N) is 4. The third-order valence-electron chi connectivity index (χ3n) is 4.94. The summed E-state index contributed by atoms with van der Waals surface area (Å²) in [4.78, 5) is 14.9. The number of rotatable bonds is 3. The van der Waals surface area contributed by atoms with Crippen molar-refractivity contribution in [2.75, 3.05) is 11.4 Å². The Balaban J connectivity index is 1.65. The van der Waals surface area contributed by atoms with E-state index in [-0.39, 0.29) is 29.8 Å². The highest BCUT2D eigenvalue weighted by Gasteiger charge is 2.31. The second kappa shape index (κ2) is 7.27. The summed E-state index contributed by atoms with van der Waals surface area (Å²) in [5, 5.41) is 8.05. The van der Waals surface area contributed by atoms with E-state index >= 15 is 0 Å². The number of hydrogen-bond donors (Lipinski definition) is 0. The van der Waals surface area contributed by atoms with Crippen LogP contribution < -0.4 is 9.64 Å². The van der Waals surface area contributed by atoms with Gasteiger partial charge >= 0.3 is 0 Å². The van der Waals surface area contributed by atoms with Crippen LogP contribution in [-0.4, -0.2) is 33.5 Å². The van der Waals surface area contributed by atoms with E-state index in [0.717, 1.165) is 11.6 Å². The summed E-state index contributed by atoms with van der Waals surface area (Å²) in [7, 11) is 0. The lowest BCUT2D eigenvalue weighted by atomic mass is 10.1. The maximum Gasteiger partial charge on any atom is 0.280 e. The highest BCUT2D eigenvalue weighted by atomic mass is 19.1. The summed E-state index contributed by atoms with van der Waals surface area (Å²) < 4.78 is 34.4. The highest BCUT2D eigenvalue weighted by molar-refractivity contribution is 6.06. The lowest BCUT2D eigenvalue weighted by molar-refractivity contribution is 0.0955. The normalized spacial score (nSPS) is 15.8. The summed E-state index contributed by atoms with van der Waals surface area (Å²) in [6.07, 6.45) is -0.169. The smallest absolute Gasteiger partial charge is 0.280 e. The van der Waals surface area contributed by atoms with Gasteiger partial charge in [0.05, 0.1) is 24.5 Å². The first-order valence-corrected chi connectivity index (χ1v) is 9.26. The van der Waals surface area contributed by atoms with Crippen molar-refractivity contribution in [1.29, 1.82) is 0 Å². The third-order valence-corrected chi connectivity index (χ3v) is 4.94. The zero-order valence-corrected chi connectivity index (χ0v) is 16.3. The van der Waals surface area contributed by atoms with Crippen LogP contribution in [0.15, 0.2) is 36.4 Å². The van der Waals surface area contributed by atoms with Crippen LogP contribution in [0.25, 0.3) is 0 Å². The van der Waals surface area contributed by atoms with Crippen molar-refractivity contribution in [3.8, 4) is 5.75 Å². The molecule has 1 amide bonds. The van der Waals surface area contributed by atoms with Crippen molar-refractivity contribution in [3.63, 3.8) is 0 Å². The van der Waals surface area contributed by atoms with Gasteiger partial charge in [-0.15, -0.1) is 5.10 Å². The maximum absolute atomic E-state index is 14.0. The fourth-order valence-corrected chi connectivity index (χ4v) is 3.39. The summed E-state index contributed by atoms with van der Waals surface area (Å²) in [6.45, 7) is 5.97. The molecular weight excluding hydrogens is 378 g/mol. The number of benzene rings is 2. The Morgan fingerprint density at radius 3 is 2.76 bits per heavy atom. The summed E-state index contributed by atoms with van der Waals surface area (Å²) in [5.41, 5.74) is 2.65. The van der Waals surface area contributed by atoms with Gasteiger partial charge in [-0.2, -0.15) is 0 Å². The van der Waals surface area contributed by atoms with Gasteiger partial charge in [0.2, 0.25) is 0 Å². The van der Waals surface area contributed by atoms with E-state index < -0.39 is 11.6 Å². The molecule has 0 fully saturated rings. The second-order valence-electron chi connectivity index (χ2n) is 7.23. The number of anilines is 1. The molecule has 1 aromatic heterocycles. The molecule has 0 saturated carbocycles. The van der Waals surface area contributed by atoms with Crippen molar-refractivity contribution in [2.45, 2.75) is 33.4 Å². The average Bonchev–Trinajstić information content (AvgIpc) is 3.03. The standard InChI is InChI=1S/C21H20F2N4O2/c1-12-4-7-19-18(8-12)26(10-13(2)29-19)21(28)20-14(3)27(25-24-20)11-15-5-6-16(22)9-17(15)23/h4-9,13H,10-11H2,1-3H3. The molecule has 0 radical (unpaired) electrons. The van der Waals surface area contributed by atoms with Gasteiger partial charge in [-0.25, -0.2) is 13.5 Å². The molecule has 0 spiro atoms. The molecular formula is C21H20F2N4O2. The number of aromatic nitrogens is 3. The van der Waals surface area contributed by atoms with Crippen LogP contribution in [0.1, 0.15) is 34.2 Å². The van der Waals surface area contributed by atoms with Gasteiger partial charge in [0, 0.05) is 11.6 Å². The van der Waals surface area contributed by atoms with E-state index in [2.05, 4.69) is 10.3 Å². The van der Waals surface area contributed by atoms with Gasteiger partial charge in [-0.05, 0) is 44.5 Å². The number of carbonyl (C=O) groups is 1. The Hall–Kier alpha value is -3.29. The monoisotopic (exact) mass is 398 g/mol. The molecule has 0 aliphatic carbocycles. The Bertz CT molecular complexity index is 1100. The zero-order valence-electron chi connectivity index (χ0n) is 16.3. The molecule has 4 rings (SSSR count). The Labute approximate surface area is 166 Å². The predicted octanol–water partition coefficient (Wildman–Crippen LogP) is 3.65. The Morgan fingerprint density at radius 1 is 1.21 bits per heavy atom. The first kappa shape index (κ1) is 19.0. The van der Waals surface area contributed by atoms with Crippen LogP contribution >= 0.6 is 0 Å². The Morgan fingerprint density at radius 2 is 2.00 bits per heavy atom. The molecule has 0 N–H and O–H groups in total. The molecule has 2 heterocycles. The van der Waals surface area contributed by atoms with Gasteiger partial charge < -0.3 is 4.74 Å². The third kappa shape index (κ3) is 3.57. The molecule has 1 unspecified atom stereocenters. The number of hydrogen-bond acceptors (Lipinski definition) is 4. The minimum atomic E-state index is -0.667. The molecule has 6 nitrogen and oxygen atoms in total. The minimum Gasteiger partial charge on any atom is -0.487 e. The van der Waals surface area contributed by atoms with Crippen LogP contribution in [0, 0.1) is 25.5 Å². The van der Waals surface area contributed by atoms with Crippen molar-refractivity contribution in [1.82, 2.24) is 15.0 Å². The maximum atomic E-state index is 14.0. The van der Waals surface area contributed by atoms with E-state index in [4.69, 9.17) is 4.74 Å². The molecule has 1 aliphatic heterocycles.